The highest BCUT2D eigenvalue weighted by atomic mass is 33.1. The lowest BCUT2D eigenvalue weighted by Crippen LogP contribution is -2.61. The van der Waals surface area contributed by atoms with Crippen LogP contribution in [0.3, 0.4) is 0 Å². The van der Waals surface area contributed by atoms with Crippen molar-refractivity contribution < 1.29 is 58.8 Å². The van der Waals surface area contributed by atoms with Crippen molar-refractivity contribution in [3.8, 4) is 0 Å². The second-order valence-corrected chi connectivity index (χ2v) is 14.2. The highest BCUT2D eigenvalue weighted by Crippen LogP contribution is 2.09. The van der Waals surface area contributed by atoms with Gasteiger partial charge < -0.3 is 75.3 Å². The van der Waals surface area contributed by atoms with Gasteiger partial charge in [-0.15, -0.1) is 0 Å². The molecule has 0 saturated heterocycles. The number of rotatable bonds is 24. The largest absolute Gasteiger partial charge is 0.481 e. The van der Waals surface area contributed by atoms with Gasteiger partial charge in [-0.3, -0.25) is 43.3 Å². The summed E-state index contributed by atoms with van der Waals surface area (Å²) in [7, 11) is 4.55. The number of carboxylic acids is 1. The lowest BCUT2D eigenvalue weighted by atomic mass is 10.0. The molecule has 0 radical (unpaired) electrons. The number of primary amides is 1. The van der Waals surface area contributed by atoms with Crippen LogP contribution in [0.15, 0.2) is 4.99 Å². The second-order valence-electron chi connectivity index (χ2n) is 11.5. The van der Waals surface area contributed by atoms with Crippen LogP contribution in [-0.2, 0) is 38.4 Å². The summed E-state index contributed by atoms with van der Waals surface area (Å²) >= 11 is 0. The summed E-state index contributed by atoms with van der Waals surface area (Å²) < 4.78 is 0. The van der Waals surface area contributed by atoms with E-state index < -0.39 is 97.3 Å². The van der Waals surface area contributed by atoms with Crippen molar-refractivity contribution in [1.82, 2.24) is 31.9 Å². The monoisotopic (exact) mass is 845 g/mol. The number of hydrogen-bond acceptors (Lipinski definition) is 15. The molecule has 0 aliphatic heterocycles. The fourth-order valence-corrected chi connectivity index (χ4v) is 3.92. The number of carbonyl (C=O) groups excluding carboxylic acids is 7. The van der Waals surface area contributed by atoms with Crippen molar-refractivity contribution in [1.29, 1.82) is 0 Å². The number of carbonyl (C=O) groups is 8. The highest BCUT2D eigenvalue weighted by Gasteiger charge is 2.35. The van der Waals surface area contributed by atoms with Crippen molar-refractivity contribution in [2.45, 2.75) is 89.7 Å². The number of nitrogens with zero attached hydrogens (tertiary/aromatic N) is 1. The SMILES string of the molecule is CC(C)C[C@H](NC(=O)[C@@H](NC(=O)[C@H](CC(=O)O)NC(=O)[C@H](CO)NC(=O)[C@H](CCCN=C(N)N)NC=O)[C@@H](C)O)C(=O)NCC(N)=O.CCN.CO.CSSC. The molecule has 23 nitrogen and oxygen atoms in total. The van der Waals surface area contributed by atoms with Crippen molar-refractivity contribution in [3.63, 3.8) is 0 Å². The molecule has 0 unspecified atom stereocenters. The van der Waals surface area contributed by atoms with Gasteiger partial charge in [0.25, 0.3) is 0 Å². The minimum absolute atomic E-state index is 0.0266. The first-order chi connectivity index (χ1) is 26.3. The summed E-state index contributed by atoms with van der Waals surface area (Å²) in [4.78, 5) is 102. The van der Waals surface area contributed by atoms with Crippen LogP contribution in [0.1, 0.15) is 53.4 Å². The predicted molar refractivity (Wildman–Crippen MR) is 213 cm³/mol. The molecule has 0 fully saturated rings. The summed E-state index contributed by atoms with van der Waals surface area (Å²) in [5, 5.41) is 49.6. The van der Waals surface area contributed by atoms with Gasteiger partial charge in [0.05, 0.1) is 25.7 Å². The third kappa shape index (κ3) is 30.8. The zero-order valence-corrected chi connectivity index (χ0v) is 34.5. The molecular weight excluding hydrogens is 783 g/mol. The van der Waals surface area contributed by atoms with Crippen LogP contribution in [0.5, 0.6) is 0 Å². The van der Waals surface area contributed by atoms with Crippen LogP contribution in [0.2, 0.25) is 0 Å². The van der Waals surface area contributed by atoms with Gasteiger partial charge in [-0.1, -0.05) is 42.4 Å². The molecule has 25 heteroatoms. The van der Waals surface area contributed by atoms with Gasteiger partial charge in [-0.05, 0) is 51.2 Å². The van der Waals surface area contributed by atoms with Crippen LogP contribution < -0.4 is 54.8 Å². The maximum atomic E-state index is 13.1. The van der Waals surface area contributed by atoms with Gasteiger partial charge in [0.2, 0.25) is 41.9 Å². The topological polar surface area (TPSA) is 406 Å². The van der Waals surface area contributed by atoms with Crippen LogP contribution in [0, 0.1) is 5.92 Å². The third-order valence-electron chi connectivity index (χ3n) is 6.36. The highest BCUT2D eigenvalue weighted by molar-refractivity contribution is 8.76. The molecular formula is C31H63N11O12S2. The molecule has 0 heterocycles. The van der Waals surface area contributed by atoms with Crippen LogP contribution in [0.25, 0.3) is 0 Å². The summed E-state index contributed by atoms with van der Waals surface area (Å²) in [6.07, 6.45) is 2.09. The van der Waals surface area contributed by atoms with E-state index in [9.17, 15) is 53.7 Å². The summed E-state index contributed by atoms with van der Waals surface area (Å²) in [6, 6.07) is -7.74. The van der Waals surface area contributed by atoms with Crippen LogP contribution in [0.4, 0.5) is 0 Å². The van der Waals surface area contributed by atoms with Gasteiger partial charge in [0, 0.05) is 13.7 Å². The minimum Gasteiger partial charge on any atom is -0.481 e. The maximum absolute atomic E-state index is 13.1. The van der Waals surface area contributed by atoms with Crippen molar-refractivity contribution >= 4 is 75.4 Å². The number of amides is 7. The van der Waals surface area contributed by atoms with E-state index in [0.717, 1.165) is 20.6 Å². The molecule has 7 amide bonds. The standard InChI is InChI=1S/C26H46N10O11.C2H7N.C2H6S2.CH4O/c1-12(2)7-15(21(43)31-9-18(27)40)34-25(47)20(13(3)39)36-23(45)16(8-19(41)42)33-24(46)17(10-37)35-22(44)14(32-11-38)5-4-6-30-26(28)29;1-2-3;1-3-4-2;1-2/h11-17,20,37,39H,4-10H2,1-3H3,(H2,27,40)(H,31,43)(H,32,38)(H,33,46)(H,34,47)(H,35,44)(H,36,45)(H,41,42)(H4,28,29,30);2-3H2,1H3;1-2H3;2H,1H3/t13-,14+,15+,16+,17+,20+;;;/m1.../s1. The molecule has 0 aromatic heterocycles. The van der Waals surface area contributed by atoms with Crippen molar-refractivity contribution in [2.24, 2.45) is 33.8 Å². The lowest BCUT2D eigenvalue weighted by Gasteiger charge is -2.27. The molecule has 0 saturated carbocycles. The number of aliphatic hydroxyl groups is 3. The number of nitrogens with two attached hydrogens (primary N) is 4. The Morgan fingerprint density at radius 2 is 1.27 bits per heavy atom. The summed E-state index contributed by atoms with van der Waals surface area (Å²) in [5.41, 5.74) is 20.4. The average molecular weight is 846 g/mol. The molecule has 0 aromatic carbocycles. The van der Waals surface area contributed by atoms with Gasteiger partial charge in [-0.2, -0.15) is 0 Å². The Morgan fingerprint density at radius 1 is 0.786 bits per heavy atom. The Morgan fingerprint density at radius 3 is 1.68 bits per heavy atom. The van der Waals surface area contributed by atoms with E-state index in [4.69, 9.17) is 28.0 Å². The Labute approximate surface area is 334 Å². The number of nitrogens with one attached hydrogen (secondary N) is 6. The van der Waals surface area contributed by atoms with E-state index >= 15 is 0 Å². The Balaban J connectivity index is -0.00000136. The molecule has 0 aromatic rings. The lowest BCUT2D eigenvalue weighted by molar-refractivity contribution is -0.142. The first kappa shape index (κ1) is 58.3. The van der Waals surface area contributed by atoms with Gasteiger partial charge in [0.1, 0.15) is 30.2 Å². The van der Waals surface area contributed by atoms with E-state index in [-0.39, 0.29) is 44.1 Å². The number of aliphatic hydroxyl groups excluding tert-OH is 3. The number of guanidine groups is 1. The number of aliphatic carboxylic acids is 1. The second kappa shape index (κ2) is 36.2. The Hall–Kier alpha value is -4.43. The van der Waals surface area contributed by atoms with Gasteiger partial charge in [-0.25, -0.2) is 0 Å². The molecule has 326 valence electrons. The molecule has 0 aliphatic carbocycles. The molecule has 56 heavy (non-hydrogen) atoms. The fraction of sp³-hybridized carbons (Fsp3) is 0.710. The number of carboxylic acid groups (broad SMARTS) is 1. The molecule has 0 aliphatic rings. The molecule has 0 rings (SSSR count). The first-order valence-electron chi connectivity index (χ1n) is 17.0. The zero-order chi connectivity index (χ0) is 44.4. The predicted octanol–water partition coefficient (Wildman–Crippen LogP) is -5.21. The van der Waals surface area contributed by atoms with E-state index in [1.165, 1.54) is 0 Å². The van der Waals surface area contributed by atoms with E-state index in [2.05, 4.69) is 49.4 Å². The van der Waals surface area contributed by atoms with Crippen LogP contribution in [-0.4, -0.2) is 156 Å². The summed E-state index contributed by atoms with van der Waals surface area (Å²) in [5.74, 6) is -7.90. The fourth-order valence-electron chi connectivity index (χ4n) is 3.92. The van der Waals surface area contributed by atoms with Gasteiger partial charge in [0.15, 0.2) is 5.96 Å². The summed E-state index contributed by atoms with van der Waals surface area (Å²) in [6.45, 7) is 5.86. The maximum Gasteiger partial charge on any atom is 0.305 e. The molecule has 0 spiro atoms. The van der Waals surface area contributed by atoms with Gasteiger partial charge >= 0.3 is 5.97 Å². The number of aliphatic imine (C=N–C) groups is 1. The first-order valence-corrected chi connectivity index (χ1v) is 20.0. The molecule has 6 atom stereocenters. The smallest absolute Gasteiger partial charge is 0.305 e. The van der Waals surface area contributed by atoms with E-state index in [1.54, 1.807) is 35.4 Å². The molecule has 0 bridgehead atoms. The van der Waals surface area contributed by atoms with Crippen molar-refractivity contribution in [2.75, 3.05) is 45.9 Å². The Bertz CT molecular complexity index is 1210. The Kier molecular flexibility index (Phi) is 37.7. The zero-order valence-electron chi connectivity index (χ0n) is 32.9. The minimum atomic E-state index is -1.88. The van der Waals surface area contributed by atoms with E-state index in [1.807, 2.05) is 6.92 Å². The van der Waals surface area contributed by atoms with E-state index in [0.29, 0.717) is 0 Å². The van der Waals surface area contributed by atoms with Crippen LogP contribution >= 0.6 is 21.6 Å². The van der Waals surface area contributed by atoms with Crippen molar-refractivity contribution in [3.05, 3.63) is 0 Å². The number of hydrogen-bond donors (Lipinski definition) is 14. The normalized spacial score (nSPS) is 13.1. The quantitative estimate of drug-likeness (QED) is 0.0142. The average Bonchev–Trinajstić information content (AvgIpc) is 3.12. The third-order valence-corrected chi connectivity index (χ3v) is 7.70. The molecule has 18 N–H and O–H groups in total.